The molecule has 0 fully saturated rings. The van der Waals surface area contributed by atoms with Gasteiger partial charge in [0.25, 0.3) is 0 Å². The lowest BCUT2D eigenvalue weighted by atomic mass is 10.0. The van der Waals surface area contributed by atoms with Gasteiger partial charge in [0.15, 0.2) is 0 Å². The summed E-state index contributed by atoms with van der Waals surface area (Å²) >= 11 is 0. The van der Waals surface area contributed by atoms with E-state index in [1.54, 1.807) is 6.07 Å². The number of aromatic nitrogens is 1. The van der Waals surface area contributed by atoms with Gasteiger partial charge in [-0.15, -0.1) is 0 Å². The van der Waals surface area contributed by atoms with Gasteiger partial charge in [0, 0.05) is 11.1 Å². The van der Waals surface area contributed by atoms with Crippen molar-refractivity contribution in [2.75, 3.05) is 0 Å². The molecule has 3 heteroatoms. The van der Waals surface area contributed by atoms with E-state index in [4.69, 9.17) is 5.11 Å². The predicted octanol–water partition coefficient (Wildman–Crippen LogP) is 3.13. The minimum atomic E-state index is -0.972. The normalized spacial score (nSPS) is 11.0. The highest BCUT2D eigenvalue weighted by molar-refractivity contribution is 5.93. The van der Waals surface area contributed by atoms with Gasteiger partial charge in [0.1, 0.15) is 5.69 Å². The first-order valence-corrected chi connectivity index (χ1v) is 5.70. The van der Waals surface area contributed by atoms with E-state index in [-0.39, 0.29) is 5.69 Å². The smallest absolute Gasteiger partial charge is 0.354 e. The fourth-order valence-electron chi connectivity index (χ4n) is 1.92. The molecule has 1 aromatic heterocycles. The second-order valence-corrected chi connectivity index (χ2v) is 4.58. The van der Waals surface area contributed by atoms with Crippen molar-refractivity contribution < 1.29 is 9.90 Å². The van der Waals surface area contributed by atoms with E-state index >= 15 is 0 Å². The Bertz CT molecular complexity index is 561. The first-order valence-electron chi connectivity index (χ1n) is 5.70. The Labute approximate surface area is 100 Å². The third-order valence-electron chi connectivity index (χ3n) is 2.64. The van der Waals surface area contributed by atoms with Crippen LogP contribution in [-0.2, 0) is 6.42 Å². The molecule has 1 aromatic carbocycles. The third kappa shape index (κ3) is 2.44. The molecule has 1 heterocycles. The summed E-state index contributed by atoms with van der Waals surface area (Å²) < 4.78 is 0. The van der Waals surface area contributed by atoms with Crippen LogP contribution in [0, 0.1) is 5.92 Å². The van der Waals surface area contributed by atoms with E-state index in [1.165, 1.54) is 0 Å². The largest absolute Gasteiger partial charge is 0.477 e. The molecule has 88 valence electrons. The zero-order valence-electron chi connectivity index (χ0n) is 9.97. The molecule has 0 aliphatic carbocycles. The Balaban J connectivity index is 2.64. The van der Waals surface area contributed by atoms with E-state index in [1.807, 2.05) is 24.3 Å². The van der Waals surface area contributed by atoms with Crippen LogP contribution in [0.1, 0.15) is 30.0 Å². The molecule has 0 amide bonds. The van der Waals surface area contributed by atoms with Crippen LogP contribution in [0.15, 0.2) is 30.3 Å². The lowest BCUT2D eigenvalue weighted by Crippen LogP contribution is -2.06. The quantitative estimate of drug-likeness (QED) is 0.879. The number of carboxylic acids is 1. The Morgan fingerprint density at radius 3 is 2.71 bits per heavy atom. The summed E-state index contributed by atoms with van der Waals surface area (Å²) in [4.78, 5) is 15.3. The first-order chi connectivity index (χ1) is 8.08. The van der Waals surface area contributed by atoms with Gasteiger partial charge in [-0.25, -0.2) is 9.78 Å². The summed E-state index contributed by atoms with van der Waals surface area (Å²) in [5.41, 5.74) is 0.995. The summed E-state index contributed by atoms with van der Waals surface area (Å²) in [5.74, 6) is -0.518. The van der Waals surface area contributed by atoms with Crippen LogP contribution in [0.5, 0.6) is 0 Å². The van der Waals surface area contributed by atoms with Crippen molar-refractivity contribution in [3.8, 4) is 0 Å². The maximum absolute atomic E-state index is 11.0. The molecule has 17 heavy (non-hydrogen) atoms. The molecule has 1 N–H and O–H groups in total. The summed E-state index contributed by atoms with van der Waals surface area (Å²) in [6.07, 6.45) is 0.793. The molecule has 0 radical (unpaired) electrons. The fraction of sp³-hybridized carbons (Fsp3) is 0.286. The number of hydrogen-bond donors (Lipinski definition) is 1. The van der Waals surface area contributed by atoms with E-state index in [0.29, 0.717) is 5.92 Å². The molecule has 0 atom stereocenters. The van der Waals surface area contributed by atoms with Crippen molar-refractivity contribution in [1.29, 1.82) is 0 Å². The Morgan fingerprint density at radius 1 is 1.35 bits per heavy atom. The number of aromatic carboxylic acids is 1. The van der Waals surface area contributed by atoms with Gasteiger partial charge >= 0.3 is 5.97 Å². The van der Waals surface area contributed by atoms with E-state index < -0.39 is 5.97 Å². The Morgan fingerprint density at radius 2 is 2.06 bits per heavy atom. The van der Waals surface area contributed by atoms with Crippen LogP contribution >= 0.6 is 0 Å². The molecule has 2 aromatic rings. The molecular formula is C14H15NO2. The van der Waals surface area contributed by atoms with Gasteiger partial charge in [0.05, 0.1) is 0 Å². The van der Waals surface area contributed by atoms with E-state index in [9.17, 15) is 4.79 Å². The van der Waals surface area contributed by atoms with E-state index in [2.05, 4.69) is 18.8 Å². The first kappa shape index (κ1) is 11.6. The number of nitrogens with zero attached hydrogens (tertiary/aromatic N) is 1. The van der Waals surface area contributed by atoms with Crippen LogP contribution in [0.3, 0.4) is 0 Å². The minimum absolute atomic E-state index is 0.124. The van der Waals surface area contributed by atoms with Gasteiger partial charge < -0.3 is 5.11 Å². The number of pyridine rings is 1. The van der Waals surface area contributed by atoms with Crippen molar-refractivity contribution in [2.45, 2.75) is 20.3 Å². The lowest BCUT2D eigenvalue weighted by Gasteiger charge is -2.09. The fourth-order valence-corrected chi connectivity index (χ4v) is 1.92. The zero-order valence-corrected chi connectivity index (χ0v) is 9.97. The van der Waals surface area contributed by atoms with Crippen LogP contribution in [0.4, 0.5) is 0 Å². The van der Waals surface area contributed by atoms with E-state index in [0.717, 1.165) is 22.9 Å². The van der Waals surface area contributed by atoms with Crippen molar-refractivity contribution in [1.82, 2.24) is 4.98 Å². The van der Waals surface area contributed by atoms with Crippen molar-refractivity contribution >= 4 is 16.7 Å². The van der Waals surface area contributed by atoms with Gasteiger partial charge in [-0.05, 0) is 23.8 Å². The summed E-state index contributed by atoms with van der Waals surface area (Å²) in [6.45, 7) is 4.20. The van der Waals surface area contributed by atoms with Gasteiger partial charge in [-0.1, -0.05) is 38.1 Å². The van der Waals surface area contributed by atoms with Crippen molar-refractivity contribution in [2.24, 2.45) is 5.92 Å². The highest BCUT2D eigenvalue weighted by atomic mass is 16.4. The summed E-state index contributed by atoms with van der Waals surface area (Å²) in [6, 6.07) is 9.40. The Hall–Kier alpha value is -1.90. The molecule has 0 aliphatic rings. The molecule has 0 bridgehead atoms. The molecule has 0 saturated heterocycles. The van der Waals surface area contributed by atoms with Gasteiger partial charge in [-0.2, -0.15) is 0 Å². The predicted molar refractivity (Wildman–Crippen MR) is 67.2 cm³/mol. The second-order valence-electron chi connectivity index (χ2n) is 4.58. The van der Waals surface area contributed by atoms with Crippen LogP contribution in [0.25, 0.3) is 10.8 Å². The zero-order chi connectivity index (χ0) is 12.4. The highest BCUT2D eigenvalue weighted by Crippen LogP contribution is 2.20. The second kappa shape index (κ2) is 4.53. The number of carbonyl (C=O) groups is 1. The number of benzene rings is 1. The average Bonchev–Trinajstić information content (AvgIpc) is 2.28. The van der Waals surface area contributed by atoms with Gasteiger partial charge in [-0.3, -0.25) is 0 Å². The summed E-state index contributed by atoms with van der Waals surface area (Å²) in [7, 11) is 0. The van der Waals surface area contributed by atoms with Crippen molar-refractivity contribution in [3.63, 3.8) is 0 Å². The molecule has 0 saturated carbocycles. The molecule has 0 unspecified atom stereocenters. The van der Waals surface area contributed by atoms with Gasteiger partial charge in [0.2, 0.25) is 0 Å². The Kier molecular flexibility index (Phi) is 3.09. The monoisotopic (exact) mass is 229 g/mol. The number of rotatable bonds is 3. The summed E-state index contributed by atoms with van der Waals surface area (Å²) in [5, 5.41) is 11.0. The number of fused-ring (bicyclic) bond motifs is 1. The number of hydrogen-bond acceptors (Lipinski definition) is 2. The molecule has 2 rings (SSSR count). The SMILES string of the molecule is CC(C)Cc1nc(C(=O)O)cc2ccccc12. The standard InChI is InChI=1S/C14H15NO2/c1-9(2)7-12-11-6-4-3-5-10(11)8-13(15-12)14(16)17/h3-6,8-9H,7H2,1-2H3,(H,16,17). The maximum atomic E-state index is 11.0. The average molecular weight is 229 g/mol. The number of carboxylic acid groups (broad SMARTS) is 1. The van der Waals surface area contributed by atoms with Crippen LogP contribution < -0.4 is 0 Å². The molecule has 3 nitrogen and oxygen atoms in total. The third-order valence-corrected chi connectivity index (χ3v) is 2.64. The van der Waals surface area contributed by atoms with Crippen LogP contribution in [0.2, 0.25) is 0 Å². The molecule has 0 aliphatic heterocycles. The molecular weight excluding hydrogens is 214 g/mol. The van der Waals surface area contributed by atoms with Crippen molar-refractivity contribution in [3.05, 3.63) is 41.7 Å². The highest BCUT2D eigenvalue weighted by Gasteiger charge is 2.11. The molecule has 0 spiro atoms. The topological polar surface area (TPSA) is 50.2 Å². The maximum Gasteiger partial charge on any atom is 0.354 e. The lowest BCUT2D eigenvalue weighted by molar-refractivity contribution is 0.0690. The minimum Gasteiger partial charge on any atom is -0.477 e. The van der Waals surface area contributed by atoms with Crippen LogP contribution in [-0.4, -0.2) is 16.1 Å².